The van der Waals surface area contributed by atoms with Crippen LogP contribution in [-0.2, 0) is 0 Å². The average Bonchev–Trinajstić information content (AvgIpc) is 2.49. The molecule has 2 aromatic rings. The molecule has 1 heterocycles. The fourth-order valence-electron chi connectivity index (χ4n) is 1.16. The van der Waals surface area contributed by atoms with Crippen LogP contribution in [-0.4, -0.2) is 5.84 Å². The molecule has 0 fully saturated rings. The van der Waals surface area contributed by atoms with Crippen LogP contribution in [0.15, 0.2) is 28.7 Å². The molecule has 0 atom stereocenters. The van der Waals surface area contributed by atoms with Crippen molar-refractivity contribution in [2.45, 2.75) is 0 Å². The van der Waals surface area contributed by atoms with Crippen molar-refractivity contribution in [3.05, 3.63) is 35.8 Å². The molecular formula is C9H7FN2O. The number of para-hydroxylation sites is 1. The molecule has 3 nitrogen and oxygen atoms in total. The third kappa shape index (κ3) is 1.16. The fraction of sp³-hybridized carbons (Fsp3) is 0. The van der Waals surface area contributed by atoms with E-state index in [0.29, 0.717) is 5.39 Å². The summed E-state index contributed by atoms with van der Waals surface area (Å²) < 4.78 is 18.1. The van der Waals surface area contributed by atoms with Gasteiger partial charge >= 0.3 is 0 Å². The Morgan fingerprint density at radius 1 is 1.46 bits per heavy atom. The van der Waals surface area contributed by atoms with E-state index < -0.39 is 5.82 Å². The number of furan rings is 1. The summed E-state index contributed by atoms with van der Waals surface area (Å²) in [5.41, 5.74) is 5.34. The fourth-order valence-corrected chi connectivity index (χ4v) is 1.16. The maximum Gasteiger partial charge on any atom is 0.170 e. The number of fused-ring (bicyclic) bond motifs is 1. The molecule has 2 rings (SSSR count). The first kappa shape index (κ1) is 7.79. The summed E-state index contributed by atoms with van der Waals surface area (Å²) in [4.78, 5) is 0. The Kier molecular flexibility index (Phi) is 1.55. The Morgan fingerprint density at radius 2 is 2.23 bits per heavy atom. The van der Waals surface area contributed by atoms with Crippen molar-refractivity contribution in [1.82, 2.24) is 0 Å². The van der Waals surface area contributed by atoms with Crippen LogP contribution in [0.2, 0.25) is 0 Å². The van der Waals surface area contributed by atoms with E-state index in [4.69, 9.17) is 15.6 Å². The number of nitrogen functional groups attached to an aromatic ring is 1. The number of nitrogens with two attached hydrogens (primary N) is 1. The smallest absolute Gasteiger partial charge is 0.170 e. The molecule has 13 heavy (non-hydrogen) atoms. The molecule has 0 amide bonds. The molecule has 3 N–H and O–H groups in total. The molecule has 0 radical (unpaired) electrons. The molecule has 0 spiro atoms. The second kappa shape index (κ2) is 2.58. The van der Waals surface area contributed by atoms with Gasteiger partial charge < -0.3 is 10.2 Å². The number of hydrogen-bond donors (Lipinski definition) is 2. The largest absolute Gasteiger partial charge is 0.450 e. The minimum absolute atomic E-state index is 0.146. The van der Waals surface area contributed by atoms with Gasteiger partial charge in [-0.2, -0.15) is 0 Å². The molecule has 0 saturated carbocycles. The highest BCUT2D eigenvalue weighted by Gasteiger charge is 2.08. The summed E-state index contributed by atoms with van der Waals surface area (Å²) in [6.07, 6.45) is 0. The summed E-state index contributed by atoms with van der Waals surface area (Å²) in [6, 6.07) is 6.13. The van der Waals surface area contributed by atoms with Crippen LogP contribution in [0.25, 0.3) is 11.0 Å². The first-order chi connectivity index (χ1) is 6.18. The lowest BCUT2D eigenvalue weighted by Gasteiger charge is -1.89. The number of hydrogen-bond acceptors (Lipinski definition) is 2. The van der Waals surface area contributed by atoms with Crippen LogP contribution in [0.4, 0.5) is 4.39 Å². The van der Waals surface area contributed by atoms with E-state index in [1.807, 2.05) is 0 Å². The van der Waals surface area contributed by atoms with Gasteiger partial charge in [0.15, 0.2) is 23.0 Å². The molecule has 0 bridgehead atoms. The van der Waals surface area contributed by atoms with Crippen molar-refractivity contribution in [3.8, 4) is 0 Å². The highest BCUT2D eigenvalue weighted by atomic mass is 19.1. The van der Waals surface area contributed by atoms with Crippen LogP contribution in [0.5, 0.6) is 0 Å². The van der Waals surface area contributed by atoms with Crippen LogP contribution in [0.1, 0.15) is 5.76 Å². The lowest BCUT2D eigenvalue weighted by molar-refractivity contribution is 0.553. The zero-order chi connectivity index (χ0) is 9.42. The maximum atomic E-state index is 13.1. The monoisotopic (exact) mass is 178 g/mol. The van der Waals surface area contributed by atoms with E-state index in [0.717, 1.165) is 0 Å². The molecular weight excluding hydrogens is 171 g/mol. The third-order valence-electron chi connectivity index (χ3n) is 1.76. The van der Waals surface area contributed by atoms with Gasteiger partial charge in [-0.15, -0.1) is 0 Å². The predicted molar refractivity (Wildman–Crippen MR) is 47.2 cm³/mol. The summed E-state index contributed by atoms with van der Waals surface area (Å²) in [5, 5.41) is 7.72. The Bertz CT molecular complexity index is 475. The number of halogens is 1. The molecule has 4 heteroatoms. The van der Waals surface area contributed by atoms with E-state index in [-0.39, 0.29) is 17.2 Å². The molecule has 1 aromatic carbocycles. The van der Waals surface area contributed by atoms with Crippen molar-refractivity contribution < 1.29 is 8.81 Å². The van der Waals surface area contributed by atoms with Crippen molar-refractivity contribution in [1.29, 1.82) is 5.41 Å². The molecule has 0 aliphatic heterocycles. The Labute approximate surface area is 73.5 Å². The van der Waals surface area contributed by atoms with Crippen LogP contribution in [0.3, 0.4) is 0 Å². The van der Waals surface area contributed by atoms with E-state index >= 15 is 0 Å². The van der Waals surface area contributed by atoms with Crippen molar-refractivity contribution >= 4 is 16.8 Å². The van der Waals surface area contributed by atoms with Gasteiger partial charge in [0.25, 0.3) is 0 Å². The number of nitrogens with one attached hydrogen (secondary N) is 1. The molecule has 0 aliphatic carbocycles. The van der Waals surface area contributed by atoms with Crippen molar-refractivity contribution in [2.24, 2.45) is 5.73 Å². The third-order valence-corrected chi connectivity index (χ3v) is 1.76. The Morgan fingerprint density at radius 3 is 2.85 bits per heavy atom. The summed E-state index contributed by atoms with van der Waals surface area (Å²) in [6.45, 7) is 0. The lowest BCUT2D eigenvalue weighted by atomic mass is 10.2. The highest BCUT2D eigenvalue weighted by Crippen LogP contribution is 2.21. The van der Waals surface area contributed by atoms with Gasteiger partial charge in [0.05, 0.1) is 0 Å². The number of benzene rings is 1. The van der Waals surface area contributed by atoms with Gasteiger partial charge in [-0.25, -0.2) is 4.39 Å². The molecule has 1 aromatic heterocycles. The zero-order valence-corrected chi connectivity index (χ0v) is 6.67. The van der Waals surface area contributed by atoms with Crippen molar-refractivity contribution in [3.63, 3.8) is 0 Å². The summed E-state index contributed by atoms with van der Waals surface area (Å²) >= 11 is 0. The standard InChI is InChI=1S/C9H7FN2O/c10-6-3-1-2-5-4-7(9(11)12)13-8(5)6/h1-4H,(H3,11,12). The van der Waals surface area contributed by atoms with E-state index in [1.165, 1.54) is 6.07 Å². The average molecular weight is 178 g/mol. The SMILES string of the molecule is N=C(N)c1cc2cccc(F)c2o1. The number of amidine groups is 1. The van der Waals surface area contributed by atoms with E-state index in [9.17, 15) is 4.39 Å². The van der Waals surface area contributed by atoms with Crippen LogP contribution in [0, 0.1) is 11.2 Å². The van der Waals surface area contributed by atoms with Gasteiger partial charge in [-0.3, -0.25) is 5.41 Å². The topological polar surface area (TPSA) is 63.0 Å². The van der Waals surface area contributed by atoms with Gasteiger partial charge in [-0.05, 0) is 12.1 Å². The Balaban J connectivity index is 2.75. The zero-order valence-electron chi connectivity index (χ0n) is 6.67. The minimum Gasteiger partial charge on any atom is -0.450 e. The predicted octanol–water partition coefficient (Wildman–Crippen LogP) is 1.86. The van der Waals surface area contributed by atoms with Crippen molar-refractivity contribution in [2.75, 3.05) is 0 Å². The minimum atomic E-state index is -0.440. The molecule has 0 unspecified atom stereocenters. The first-order valence-electron chi connectivity index (χ1n) is 3.71. The molecule has 0 aliphatic rings. The first-order valence-corrected chi connectivity index (χ1v) is 3.71. The second-order valence-electron chi connectivity index (χ2n) is 2.68. The van der Waals surface area contributed by atoms with Gasteiger partial charge in [0, 0.05) is 5.39 Å². The van der Waals surface area contributed by atoms with Gasteiger partial charge in [0.2, 0.25) is 0 Å². The van der Waals surface area contributed by atoms with Crippen LogP contribution < -0.4 is 5.73 Å². The maximum absolute atomic E-state index is 13.1. The van der Waals surface area contributed by atoms with Gasteiger partial charge in [-0.1, -0.05) is 12.1 Å². The summed E-state index contributed by atoms with van der Waals surface area (Å²) in [5.74, 6) is -0.444. The highest BCUT2D eigenvalue weighted by molar-refractivity contribution is 5.96. The second-order valence-corrected chi connectivity index (χ2v) is 2.68. The van der Waals surface area contributed by atoms with Crippen LogP contribution >= 0.6 is 0 Å². The lowest BCUT2D eigenvalue weighted by Crippen LogP contribution is -2.09. The van der Waals surface area contributed by atoms with E-state index in [1.54, 1.807) is 18.2 Å². The van der Waals surface area contributed by atoms with E-state index in [2.05, 4.69) is 0 Å². The number of rotatable bonds is 1. The Hall–Kier alpha value is -1.84. The van der Waals surface area contributed by atoms with Gasteiger partial charge in [0.1, 0.15) is 0 Å². The summed E-state index contributed by atoms with van der Waals surface area (Å²) in [7, 11) is 0. The molecule has 0 saturated heterocycles. The normalized spacial score (nSPS) is 10.5. The molecule has 66 valence electrons. The quantitative estimate of drug-likeness (QED) is 0.517.